The van der Waals surface area contributed by atoms with Gasteiger partial charge in [0, 0.05) is 17.6 Å². The van der Waals surface area contributed by atoms with Gasteiger partial charge in [-0.25, -0.2) is 0 Å². The van der Waals surface area contributed by atoms with Crippen molar-refractivity contribution in [2.45, 2.75) is 119 Å². The lowest BCUT2D eigenvalue weighted by Crippen LogP contribution is -2.38. The van der Waals surface area contributed by atoms with Gasteiger partial charge >= 0.3 is 0 Å². The first-order valence-electron chi connectivity index (χ1n) is 13.3. The third-order valence-corrected chi connectivity index (χ3v) is 5.86. The monoisotopic (exact) mass is 475 g/mol. The van der Waals surface area contributed by atoms with Crippen LogP contribution in [-0.2, 0) is 0 Å². The van der Waals surface area contributed by atoms with Gasteiger partial charge < -0.3 is 20.9 Å². The third kappa shape index (κ3) is 11.7. The zero-order chi connectivity index (χ0) is 25.6. The fourth-order valence-corrected chi connectivity index (χ4v) is 5.60. The molecule has 1 aliphatic heterocycles. The van der Waals surface area contributed by atoms with Crippen molar-refractivity contribution in [1.82, 2.24) is 19.9 Å². The van der Waals surface area contributed by atoms with Crippen LogP contribution in [0.2, 0.25) is 0 Å². The highest BCUT2D eigenvalue weighted by Crippen LogP contribution is 2.31. The fourth-order valence-electron chi connectivity index (χ4n) is 5.60. The van der Waals surface area contributed by atoms with E-state index >= 15 is 0 Å². The molecule has 0 radical (unpaired) electrons. The Balaban J connectivity index is 2.13. The van der Waals surface area contributed by atoms with E-state index in [1.807, 2.05) is 0 Å². The van der Waals surface area contributed by atoms with Crippen molar-refractivity contribution in [3.05, 3.63) is 0 Å². The zero-order valence-corrected chi connectivity index (χ0v) is 23.9. The summed E-state index contributed by atoms with van der Waals surface area (Å²) in [7, 11) is 0. The standard InChI is InChI=1S/C27H53N7/c1-24(2,3)19-26(7,8)32-22-29-21(28-15-14-18-34-16-12-11-13-17-34)30-23(31-22)33-27(9,10)20-25(4,5)6/h11-20H2,1-10H3,(H3,28,29,30,31,32,33). The van der Waals surface area contributed by atoms with Crippen molar-refractivity contribution in [3.63, 3.8) is 0 Å². The molecule has 7 heteroatoms. The summed E-state index contributed by atoms with van der Waals surface area (Å²) in [5.74, 6) is 1.88. The molecular formula is C27H53N7. The van der Waals surface area contributed by atoms with E-state index in [0.717, 1.165) is 32.4 Å². The average molecular weight is 476 g/mol. The summed E-state index contributed by atoms with van der Waals surface area (Å²) in [4.78, 5) is 16.8. The van der Waals surface area contributed by atoms with Crippen LogP contribution >= 0.6 is 0 Å². The van der Waals surface area contributed by atoms with Crippen LogP contribution in [0, 0.1) is 10.8 Å². The van der Waals surface area contributed by atoms with Gasteiger partial charge in [-0.2, -0.15) is 15.0 Å². The van der Waals surface area contributed by atoms with Gasteiger partial charge in [0.25, 0.3) is 0 Å². The highest BCUT2D eigenvalue weighted by Gasteiger charge is 2.28. The predicted molar refractivity (Wildman–Crippen MR) is 147 cm³/mol. The quantitative estimate of drug-likeness (QED) is 0.319. The molecule has 1 fully saturated rings. The Labute approximate surface area is 209 Å². The molecule has 1 aliphatic rings. The second-order valence-corrected chi connectivity index (χ2v) is 14.0. The Bertz CT molecular complexity index is 705. The molecule has 0 saturated carbocycles. The summed E-state index contributed by atoms with van der Waals surface area (Å²) in [6, 6.07) is 0. The molecule has 0 spiro atoms. The highest BCUT2D eigenvalue weighted by atomic mass is 15.3. The molecule has 196 valence electrons. The molecule has 0 aromatic carbocycles. The Morgan fingerprint density at radius 2 is 1.09 bits per heavy atom. The lowest BCUT2D eigenvalue weighted by atomic mass is 9.82. The normalized spacial score (nSPS) is 16.4. The van der Waals surface area contributed by atoms with Crippen molar-refractivity contribution >= 4 is 17.8 Å². The fraction of sp³-hybridized carbons (Fsp3) is 0.889. The SMILES string of the molecule is CC(C)(C)CC(C)(C)Nc1nc(NCCCN2CCCCC2)nc(NC(C)(C)CC(C)(C)C)n1. The van der Waals surface area contributed by atoms with Crippen molar-refractivity contribution in [2.75, 3.05) is 42.1 Å². The molecule has 34 heavy (non-hydrogen) atoms. The Hall–Kier alpha value is -1.63. The molecule has 0 atom stereocenters. The maximum Gasteiger partial charge on any atom is 0.229 e. The van der Waals surface area contributed by atoms with Gasteiger partial charge in [-0.1, -0.05) is 48.0 Å². The van der Waals surface area contributed by atoms with Crippen molar-refractivity contribution in [3.8, 4) is 0 Å². The number of rotatable bonds is 11. The zero-order valence-electron chi connectivity index (χ0n) is 23.9. The second kappa shape index (κ2) is 11.4. The topological polar surface area (TPSA) is 78.0 Å². The number of nitrogens with one attached hydrogen (secondary N) is 3. The Kier molecular flexibility index (Phi) is 9.59. The van der Waals surface area contributed by atoms with E-state index in [1.165, 1.54) is 32.4 Å². The number of aromatic nitrogens is 3. The molecule has 3 N–H and O–H groups in total. The first-order valence-corrected chi connectivity index (χ1v) is 13.3. The van der Waals surface area contributed by atoms with Crippen molar-refractivity contribution in [2.24, 2.45) is 10.8 Å². The van der Waals surface area contributed by atoms with Crippen LogP contribution in [0.25, 0.3) is 0 Å². The summed E-state index contributed by atoms with van der Waals surface area (Å²) >= 11 is 0. The molecule has 2 rings (SSSR count). The molecule has 0 bridgehead atoms. The first kappa shape index (κ1) is 28.6. The van der Waals surface area contributed by atoms with Gasteiger partial charge in [-0.3, -0.25) is 0 Å². The Morgan fingerprint density at radius 1 is 0.647 bits per heavy atom. The maximum absolute atomic E-state index is 4.77. The minimum Gasteiger partial charge on any atom is -0.354 e. The Morgan fingerprint density at radius 3 is 1.53 bits per heavy atom. The van der Waals surface area contributed by atoms with Crippen LogP contribution in [0.4, 0.5) is 17.8 Å². The van der Waals surface area contributed by atoms with Gasteiger partial charge in [0.1, 0.15) is 0 Å². The second-order valence-electron chi connectivity index (χ2n) is 14.0. The smallest absolute Gasteiger partial charge is 0.229 e. The van der Waals surface area contributed by atoms with Crippen LogP contribution < -0.4 is 16.0 Å². The minimum absolute atomic E-state index is 0.136. The van der Waals surface area contributed by atoms with Crippen molar-refractivity contribution in [1.29, 1.82) is 0 Å². The van der Waals surface area contributed by atoms with E-state index in [4.69, 9.17) is 15.0 Å². The molecule has 2 heterocycles. The number of nitrogens with zero attached hydrogens (tertiary/aromatic N) is 4. The lowest BCUT2D eigenvalue weighted by Gasteiger charge is -2.34. The molecular weight excluding hydrogens is 422 g/mol. The van der Waals surface area contributed by atoms with Crippen LogP contribution in [0.3, 0.4) is 0 Å². The average Bonchev–Trinajstić information content (AvgIpc) is 2.61. The molecule has 1 aromatic rings. The van der Waals surface area contributed by atoms with E-state index in [2.05, 4.69) is 90.1 Å². The van der Waals surface area contributed by atoms with E-state index in [-0.39, 0.29) is 21.9 Å². The lowest BCUT2D eigenvalue weighted by molar-refractivity contribution is 0.228. The van der Waals surface area contributed by atoms with Crippen LogP contribution in [0.5, 0.6) is 0 Å². The summed E-state index contributed by atoms with van der Waals surface area (Å²) in [6.45, 7) is 26.9. The number of anilines is 3. The van der Waals surface area contributed by atoms with Crippen LogP contribution in [-0.4, -0.2) is 57.1 Å². The highest BCUT2D eigenvalue weighted by molar-refractivity contribution is 5.44. The predicted octanol–water partition coefficient (Wildman–Crippen LogP) is 6.41. The summed E-state index contributed by atoms with van der Waals surface area (Å²) in [5.41, 5.74) is 0.135. The van der Waals surface area contributed by atoms with E-state index in [9.17, 15) is 0 Å². The van der Waals surface area contributed by atoms with Gasteiger partial charge in [0.05, 0.1) is 0 Å². The van der Waals surface area contributed by atoms with Gasteiger partial charge in [-0.15, -0.1) is 0 Å². The van der Waals surface area contributed by atoms with Crippen molar-refractivity contribution < 1.29 is 0 Å². The number of hydrogen-bond acceptors (Lipinski definition) is 7. The van der Waals surface area contributed by atoms with Crippen LogP contribution in [0.15, 0.2) is 0 Å². The molecule has 1 aromatic heterocycles. The number of likely N-dealkylation sites (tertiary alicyclic amines) is 1. The third-order valence-electron chi connectivity index (χ3n) is 5.86. The largest absolute Gasteiger partial charge is 0.354 e. The van der Waals surface area contributed by atoms with Gasteiger partial charge in [0.2, 0.25) is 17.8 Å². The van der Waals surface area contributed by atoms with Crippen LogP contribution in [0.1, 0.15) is 108 Å². The minimum atomic E-state index is -0.136. The maximum atomic E-state index is 4.77. The van der Waals surface area contributed by atoms with Gasteiger partial charge in [0.15, 0.2) is 0 Å². The van der Waals surface area contributed by atoms with E-state index in [1.54, 1.807) is 0 Å². The molecule has 0 amide bonds. The molecule has 0 aliphatic carbocycles. The summed E-state index contributed by atoms with van der Waals surface area (Å²) in [5, 5.41) is 10.6. The first-order chi connectivity index (χ1) is 15.5. The van der Waals surface area contributed by atoms with Gasteiger partial charge in [-0.05, 0) is 90.3 Å². The van der Waals surface area contributed by atoms with E-state index in [0.29, 0.717) is 17.8 Å². The molecule has 7 nitrogen and oxygen atoms in total. The summed E-state index contributed by atoms with van der Waals surface area (Å²) in [6.07, 6.45) is 7.13. The molecule has 0 unspecified atom stereocenters. The molecule has 1 saturated heterocycles. The number of piperidine rings is 1. The summed E-state index contributed by atoms with van der Waals surface area (Å²) < 4.78 is 0. The number of hydrogen-bond donors (Lipinski definition) is 3. The van der Waals surface area contributed by atoms with E-state index < -0.39 is 0 Å².